The monoisotopic (exact) mass is 241 g/mol. The number of likely N-dealkylation sites (N-methyl/N-ethyl adjacent to an activating group) is 1. The largest absolute Gasteiger partial charge is 0.508 e. The van der Waals surface area contributed by atoms with Crippen molar-refractivity contribution in [3.8, 4) is 5.75 Å². The van der Waals surface area contributed by atoms with Crippen LogP contribution < -0.4 is 5.32 Å². The molecule has 0 aliphatic rings. The summed E-state index contributed by atoms with van der Waals surface area (Å²) in [5.41, 5.74) is 2.42. The normalized spacial score (nSPS) is 12.3. The van der Waals surface area contributed by atoms with Gasteiger partial charge >= 0.3 is 0 Å². The lowest BCUT2D eigenvalue weighted by Gasteiger charge is -2.18. The van der Waals surface area contributed by atoms with Gasteiger partial charge in [-0.15, -0.1) is 0 Å². The molecule has 0 bridgehead atoms. The van der Waals surface area contributed by atoms with Gasteiger partial charge in [0.1, 0.15) is 5.75 Å². The lowest BCUT2D eigenvalue weighted by molar-refractivity contribution is 0.473. The number of phenolic OH excluding ortho intramolecular Hbond substituents is 1. The van der Waals surface area contributed by atoms with E-state index in [0.717, 1.165) is 18.5 Å². The first-order valence-corrected chi connectivity index (χ1v) is 6.36. The van der Waals surface area contributed by atoms with Crippen molar-refractivity contribution < 1.29 is 5.11 Å². The Kier molecular flexibility index (Phi) is 4.37. The minimum Gasteiger partial charge on any atom is -0.508 e. The van der Waals surface area contributed by atoms with E-state index in [1.165, 1.54) is 5.56 Å². The van der Waals surface area contributed by atoms with E-state index in [2.05, 4.69) is 36.5 Å². The first-order chi connectivity index (χ1) is 8.79. The summed E-state index contributed by atoms with van der Waals surface area (Å²) < 4.78 is 0. The number of hydrogen-bond acceptors (Lipinski definition) is 2. The van der Waals surface area contributed by atoms with Gasteiger partial charge in [-0.2, -0.15) is 0 Å². The summed E-state index contributed by atoms with van der Waals surface area (Å²) in [6.45, 7) is 3.04. The van der Waals surface area contributed by atoms with Crippen molar-refractivity contribution in [3.05, 3.63) is 65.7 Å². The molecule has 0 aromatic heterocycles. The van der Waals surface area contributed by atoms with Crippen molar-refractivity contribution in [2.45, 2.75) is 19.4 Å². The molecule has 2 nitrogen and oxygen atoms in total. The van der Waals surface area contributed by atoms with Crippen LogP contribution in [0.4, 0.5) is 0 Å². The predicted octanol–water partition coefficient (Wildman–Crippen LogP) is 3.29. The van der Waals surface area contributed by atoms with E-state index >= 15 is 0 Å². The topological polar surface area (TPSA) is 32.3 Å². The summed E-state index contributed by atoms with van der Waals surface area (Å²) in [4.78, 5) is 0. The molecule has 2 aromatic carbocycles. The number of nitrogens with one attached hydrogen (secondary N) is 1. The van der Waals surface area contributed by atoms with Crippen LogP contribution in [0.5, 0.6) is 5.75 Å². The Morgan fingerprint density at radius 2 is 1.83 bits per heavy atom. The Hall–Kier alpha value is -1.80. The first-order valence-electron chi connectivity index (χ1n) is 6.36. The van der Waals surface area contributed by atoms with Crippen molar-refractivity contribution in [2.24, 2.45) is 0 Å². The standard InChI is InChI=1S/C16H19NO/c1-2-17-16(14-8-4-3-5-9-14)12-13-7-6-10-15(18)11-13/h3-11,16-18H,2,12H2,1H3. The molecule has 0 saturated carbocycles. The predicted molar refractivity (Wildman–Crippen MR) is 74.7 cm³/mol. The van der Waals surface area contributed by atoms with Crippen LogP contribution in [0.25, 0.3) is 0 Å². The van der Waals surface area contributed by atoms with Crippen molar-refractivity contribution in [3.63, 3.8) is 0 Å². The van der Waals surface area contributed by atoms with Crippen LogP contribution in [0.15, 0.2) is 54.6 Å². The maximum Gasteiger partial charge on any atom is 0.115 e. The van der Waals surface area contributed by atoms with E-state index in [0.29, 0.717) is 5.75 Å². The Morgan fingerprint density at radius 1 is 1.06 bits per heavy atom. The highest BCUT2D eigenvalue weighted by molar-refractivity contribution is 5.29. The van der Waals surface area contributed by atoms with Gasteiger partial charge in [-0.3, -0.25) is 0 Å². The summed E-state index contributed by atoms with van der Waals surface area (Å²) in [5, 5.41) is 13.0. The molecular weight excluding hydrogens is 222 g/mol. The van der Waals surface area contributed by atoms with Crippen LogP contribution in [0.3, 0.4) is 0 Å². The zero-order chi connectivity index (χ0) is 12.8. The number of hydrogen-bond donors (Lipinski definition) is 2. The summed E-state index contributed by atoms with van der Waals surface area (Å²) in [5.74, 6) is 0.329. The molecule has 0 saturated heterocycles. The van der Waals surface area contributed by atoms with Crippen LogP contribution >= 0.6 is 0 Å². The van der Waals surface area contributed by atoms with Gasteiger partial charge in [0.2, 0.25) is 0 Å². The summed E-state index contributed by atoms with van der Waals surface area (Å²) in [7, 11) is 0. The number of rotatable bonds is 5. The zero-order valence-electron chi connectivity index (χ0n) is 10.6. The van der Waals surface area contributed by atoms with Gasteiger partial charge in [0.15, 0.2) is 0 Å². The molecule has 2 rings (SSSR count). The van der Waals surface area contributed by atoms with E-state index in [1.54, 1.807) is 6.07 Å². The molecule has 0 aliphatic carbocycles. The van der Waals surface area contributed by atoms with Crippen LogP contribution in [0.1, 0.15) is 24.1 Å². The minimum atomic E-state index is 0.290. The average Bonchev–Trinajstić information content (AvgIpc) is 2.39. The third kappa shape index (κ3) is 3.34. The SMILES string of the molecule is CCNC(Cc1cccc(O)c1)c1ccccc1. The van der Waals surface area contributed by atoms with E-state index in [1.807, 2.05) is 24.3 Å². The highest BCUT2D eigenvalue weighted by Gasteiger charge is 2.10. The van der Waals surface area contributed by atoms with Gasteiger partial charge in [0.05, 0.1) is 0 Å². The van der Waals surface area contributed by atoms with Crippen molar-refractivity contribution in [1.82, 2.24) is 5.32 Å². The van der Waals surface area contributed by atoms with Crippen LogP contribution in [-0.2, 0) is 6.42 Å². The van der Waals surface area contributed by atoms with Crippen LogP contribution in [0.2, 0.25) is 0 Å². The first kappa shape index (κ1) is 12.7. The third-order valence-electron chi connectivity index (χ3n) is 3.00. The number of benzene rings is 2. The maximum atomic E-state index is 9.51. The second kappa shape index (κ2) is 6.22. The van der Waals surface area contributed by atoms with E-state index in [9.17, 15) is 5.11 Å². The summed E-state index contributed by atoms with van der Waals surface area (Å²) in [6, 6.07) is 18.2. The fourth-order valence-electron chi connectivity index (χ4n) is 2.16. The third-order valence-corrected chi connectivity index (χ3v) is 3.00. The minimum absolute atomic E-state index is 0.290. The Labute approximate surface area is 108 Å². The van der Waals surface area contributed by atoms with Crippen LogP contribution in [-0.4, -0.2) is 11.7 Å². The fraction of sp³-hybridized carbons (Fsp3) is 0.250. The molecule has 0 radical (unpaired) electrons. The second-order valence-corrected chi connectivity index (χ2v) is 4.39. The van der Waals surface area contributed by atoms with Gasteiger partial charge in [0.25, 0.3) is 0 Å². The molecule has 2 aromatic rings. The molecule has 2 N–H and O–H groups in total. The van der Waals surface area contributed by atoms with Gasteiger partial charge in [-0.25, -0.2) is 0 Å². The van der Waals surface area contributed by atoms with E-state index in [-0.39, 0.29) is 6.04 Å². The van der Waals surface area contributed by atoms with E-state index in [4.69, 9.17) is 0 Å². The van der Waals surface area contributed by atoms with Crippen molar-refractivity contribution in [1.29, 1.82) is 0 Å². The molecule has 1 unspecified atom stereocenters. The Bertz CT molecular complexity index is 481. The maximum absolute atomic E-state index is 9.51. The van der Waals surface area contributed by atoms with Crippen molar-refractivity contribution >= 4 is 0 Å². The Balaban J connectivity index is 2.16. The molecule has 94 valence electrons. The summed E-state index contributed by atoms with van der Waals surface area (Å²) >= 11 is 0. The number of aromatic hydroxyl groups is 1. The molecule has 1 atom stereocenters. The molecule has 0 spiro atoms. The van der Waals surface area contributed by atoms with Crippen LogP contribution in [0, 0.1) is 0 Å². The fourth-order valence-corrected chi connectivity index (χ4v) is 2.16. The van der Waals surface area contributed by atoms with Gasteiger partial charge in [-0.1, -0.05) is 49.4 Å². The molecule has 18 heavy (non-hydrogen) atoms. The summed E-state index contributed by atoms with van der Waals surface area (Å²) in [6.07, 6.45) is 0.881. The quantitative estimate of drug-likeness (QED) is 0.842. The van der Waals surface area contributed by atoms with E-state index < -0.39 is 0 Å². The van der Waals surface area contributed by atoms with Gasteiger partial charge in [0, 0.05) is 6.04 Å². The molecule has 0 fully saturated rings. The lowest BCUT2D eigenvalue weighted by Crippen LogP contribution is -2.22. The highest BCUT2D eigenvalue weighted by atomic mass is 16.3. The molecule has 0 heterocycles. The van der Waals surface area contributed by atoms with Gasteiger partial charge in [-0.05, 0) is 36.2 Å². The molecule has 0 amide bonds. The molecule has 0 aliphatic heterocycles. The van der Waals surface area contributed by atoms with Crippen molar-refractivity contribution in [2.75, 3.05) is 6.54 Å². The second-order valence-electron chi connectivity index (χ2n) is 4.39. The smallest absolute Gasteiger partial charge is 0.115 e. The van der Waals surface area contributed by atoms with Gasteiger partial charge < -0.3 is 10.4 Å². The number of phenols is 1. The molecular formula is C16H19NO. The highest BCUT2D eigenvalue weighted by Crippen LogP contribution is 2.20. The Morgan fingerprint density at radius 3 is 2.50 bits per heavy atom. The lowest BCUT2D eigenvalue weighted by atomic mass is 9.99. The molecule has 2 heteroatoms. The average molecular weight is 241 g/mol. The zero-order valence-corrected chi connectivity index (χ0v) is 10.6.